The fourth-order valence-corrected chi connectivity index (χ4v) is 3.34. The van der Waals surface area contributed by atoms with Gasteiger partial charge < -0.3 is 5.32 Å². The second-order valence-electron chi connectivity index (χ2n) is 6.12. The van der Waals surface area contributed by atoms with Crippen LogP contribution in [0.25, 0.3) is 0 Å². The van der Waals surface area contributed by atoms with E-state index in [-0.39, 0.29) is 6.04 Å². The van der Waals surface area contributed by atoms with Gasteiger partial charge in [0.2, 0.25) is 0 Å². The summed E-state index contributed by atoms with van der Waals surface area (Å²) in [6.45, 7) is 8.12. The van der Waals surface area contributed by atoms with Crippen LogP contribution < -0.4 is 5.32 Å². The highest BCUT2D eigenvalue weighted by molar-refractivity contribution is 5.27. The van der Waals surface area contributed by atoms with Crippen molar-refractivity contribution in [2.24, 2.45) is 5.92 Å². The molecule has 2 rings (SSSR count). The predicted octanol–water partition coefficient (Wildman–Crippen LogP) is 4.09. The minimum absolute atomic E-state index is 0.198. The van der Waals surface area contributed by atoms with Gasteiger partial charge in [-0.2, -0.15) is 13.2 Å². The largest absolute Gasteiger partial charge is 0.416 e. The Kier molecular flexibility index (Phi) is 5.87. The number of alkyl halides is 3. The molecule has 5 heteroatoms. The van der Waals surface area contributed by atoms with Crippen molar-refractivity contribution in [3.63, 3.8) is 0 Å². The first-order chi connectivity index (χ1) is 10.4. The van der Waals surface area contributed by atoms with Crippen LogP contribution in [0, 0.1) is 5.92 Å². The highest BCUT2D eigenvalue weighted by atomic mass is 19.4. The van der Waals surface area contributed by atoms with E-state index in [0.29, 0.717) is 5.92 Å². The molecule has 1 saturated heterocycles. The maximum absolute atomic E-state index is 12.7. The Balaban J connectivity index is 2.23. The lowest BCUT2D eigenvalue weighted by Gasteiger charge is -2.38. The molecule has 124 valence electrons. The van der Waals surface area contributed by atoms with Crippen LogP contribution in [0.1, 0.15) is 43.9 Å². The molecule has 1 aliphatic rings. The van der Waals surface area contributed by atoms with Crippen molar-refractivity contribution >= 4 is 0 Å². The molecule has 0 radical (unpaired) electrons. The molecule has 1 unspecified atom stereocenters. The zero-order valence-corrected chi connectivity index (χ0v) is 13.3. The van der Waals surface area contributed by atoms with Crippen LogP contribution in [-0.2, 0) is 6.18 Å². The van der Waals surface area contributed by atoms with Gasteiger partial charge in [0.15, 0.2) is 0 Å². The summed E-state index contributed by atoms with van der Waals surface area (Å²) in [4.78, 5) is 2.40. The molecule has 1 aromatic carbocycles. The van der Waals surface area contributed by atoms with E-state index in [1.807, 2.05) is 0 Å². The second-order valence-corrected chi connectivity index (χ2v) is 6.12. The topological polar surface area (TPSA) is 15.3 Å². The van der Waals surface area contributed by atoms with Gasteiger partial charge in [-0.1, -0.05) is 32.4 Å². The summed E-state index contributed by atoms with van der Waals surface area (Å²) in [5, 5.41) is 3.33. The summed E-state index contributed by atoms with van der Waals surface area (Å²) in [7, 11) is 0. The summed E-state index contributed by atoms with van der Waals surface area (Å²) >= 11 is 0. The van der Waals surface area contributed by atoms with Crippen molar-refractivity contribution in [2.45, 2.75) is 38.9 Å². The van der Waals surface area contributed by atoms with E-state index in [9.17, 15) is 13.2 Å². The molecule has 2 nitrogen and oxygen atoms in total. The lowest BCUT2D eigenvalue weighted by atomic mass is 9.89. The van der Waals surface area contributed by atoms with Gasteiger partial charge in [-0.25, -0.2) is 0 Å². The number of rotatable bonds is 5. The highest BCUT2D eigenvalue weighted by Gasteiger charge is 2.31. The summed E-state index contributed by atoms with van der Waals surface area (Å²) in [5.41, 5.74) is 0.425. The smallest absolute Gasteiger partial charge is 0.314 e. The number of piperazine rings is 1. The Morgan fingerprint density at radius 3 is 2.23 bits per heavy atom. The Morgan fingerprint density at radius 1 is 1.14 bits per heavy atom. The standard InChI is InChI=1S/C17H25F3N2/c1-3-4-13(2)16(22-11-9-21-10-12-22)14-5-7-15(8-6-14)17(18,19)20/h5-8,13,16,21H,3-4,9-12H2,1-2H3/t13?,16-/m0/s1. The van der Waals surface area contributed by atoms with Crippen LogP contribution in [0.3, 0.4) is 0 Å². The normalized spacial score (nSPS) is 19.9. The lowest BCUT2D eigenvalue weighted by Crippen LogP contribution is -2.46. The van der Waals surface area contributed by atoms with Crippen LogP contribution in [0.2, 0.25) is 0 Å². The first-order valence-electron chi connectivity index (χ1n) is 8.05. The lowest BCUT2D eigenvalue weighted by molar-refractivity contribution is -0.137. The van der Waals surface area contributed by atoms with Crippen LogP contribution in [-0.4, -0.2) is 31.1 Å². The van der Waals surface area contributed by atoms with E-state index >= 15 is 0 Å². The van der Waals surface area contributed by atoms with Crippen LogP contribution >= 0.6 is 0 Å². The number of benzene rings is 1. The second kappa shape index (κ2) is 7.47. The van der Waals surface area contributed by atoms with Gasteiger partial charge in [-0.3, -0.25) is 4.90 Å². The van der Waals surface area contributed by atoms with Gasteiger partial charge >= 0.3 is 6.18 Å². The maximum Gasteiger partial charge on any atom is 0.416 e. The van der Waals surface area contributed by atoms with Gasteiger partial charge in [0.1, 0.15) is 0 Å². The van der Waals surface area contributed by atoms with E-state index in [1.165, 1.54) is 12.1 Å². The average molecular weight is 314 g/mol. The summed E-state index contributed by atoms with van der Waals surface area (Å²) in [6, 6.07) is 5.93. The molecular formula is C17H25F3N2. The van der Waals surface area contributed by atoms with Crippen molar-refractivity contribution in [3.8, 4) is 0 Å². The number of hydrogen-bond acceptors (Lipinski definition) is 2. The molecule has 0 amide bonds. The summed E-state index contributed by atoms with van der Waals surface area (Å²) < 4.78 is 38.2. The zero-order chi connectivity index (χ0) is 16.2. The van der Waals surface area contributed by atoms with Gasteiger partial charge in [-0.05, 0) is 30.0 Å². The fraction of sp³-hybridized carbons (Fsp3) is 0.647. The number of nitrogens with zero attached hydrogens (tertiary/aromatic N) is 1. The number of hydrogen-bond donors (Lipinski definition) is 1. The first-order valence-corrected chi connectivity index (χ1v) is 8.05. The molecule has 0 bridgehead atoms. The number of halogens is 3. The van der Waals surface area contributed by atoms with E-state index in [2.05, 4.69) is 24.1 Å². The van der Waals surface area contributed by atoms with Crippen molar-refractivity contribution in [2.75, 3.05) is 26.2 Å². The molecule has 0 saturated carbocycles. The van der Waals surface area contributed by atoms with E-state index < -0.39 is 11.7 Å². The minimum Gasteiger partial charge on any atom is -0.314 e. The molecule has 0 aromatic heterocycles. The van der Waals surface area contributed by atoms with Crippen molar-refractivity contribution in [1.82, 2.24) is 10.2 Å². The third-order valence-corrected chi connectivity index (χ3v) is 4.41. The van der Waals surface area contributed by atoms with Gasteiger partial charge in [0.05, 0.1) is 5.56 Å². The SMILES string of the molecule is CCCC(C)[C@@H](c1ccc(C(F)(F)F)cc1)N1CCNCC1. The Labute approximate surface area is 130 Å². The van der Waals surface area contributed by atoms with Gasteiger partial charge in [-0.15, -0.1) is 0 Å². The van der Waals surface area contributed by atoms with Crippen LogP contribution in [0.4, 0.5) is 13.2 Å². The van der Waals surface area contributed by atoms with Crippen molar-refractivity contribution < 1.29 is 13.2 Å². The van der Waals surface area contributed by atoms with Crippen LogP contribution in [0.5, 0.6) is 0 Å². The Hall–Kier alpha value is -1.07. The fourth-order valence-electron chi connectivity index (χ4n) is 3.34. The summed E-state index contributed by atoms with van der Waals surface area (Å²) in [6.07, 6.45) is -2.10. The molecule has 1 aliphatic heterocycles. The van der Waals surface area contributed by atoms with Crippen LogP contribution in [0.15, 0.2) is 24.3 Å². The molecule has 2 atom stereocenters. The zero-order valence-electron chi connectivity index (χ0n) is 13.3. The van der Waals surface area contributed by atoms with E-state index in [1.54, 1.807) is 12.1 Å². The molecular weight excluding hydrogens is 289 g/mol. The average Bonchev–Trinajstić information content (AvgIpc) is 2.48. The monoisotopic (exact) mass is 314 g/mol. The van der Waals surface area contributed by atoms with Crippen molar-refractivity contribution in [3.05, 3.63) is 35.4 Å². The maximum atomic E-state index is 12.7. The van der Waals surface area contributed by atoms with E-state index in [4.69, 9.17) is 0 Å². The molecule has 1 heterocycles. The minimum atomic E-state index is -4.27. The quantitative estimate of drug-likeness (QED) is 0.880. The molecule has 0 spiro atoms. The van der Waals surface area contributed by atoms with Gasteiger partial charge in [0, 0.05) is 32.2 Å². The highest BCUT2D eigenvalue weighted by Crippen LogP contribution is 2.34. The summed E-state index contributed by atoms with van der Waals surface area (Å²) in [5.74, 6) is 0.430. The third kappa shape index (κ3) is 4.23. The number of nitrogens with one attached hydrogen (secondary N) is 1. The molecule has 0 aliphatic carbocycles. The van der Waals surface area contributed by atoms with E-state index in [0.717, 1.165) is 44.6 Å². The molecule has 22 heavy (non-hydrogen) atoms. The molecule has 1 fully saturated rings. The first kappa shape index (κ1) is 17.3. The Bertz CT molecular complexity index is 450. The molecule has 1 aromatic rings. The predicted molar refractivity (Wildman–Crippen MR) is 82.7 cm³/mol. The third-order valence-electron chi connectivity index (χ3n) is 4.41. The van der Waals surface area contributed by atoms with Crippen molar-refractivity contribution in [1.29, 1.82) is 0 Å². The van der Waals surface area contributed by atoms with Gasteiger partial charge in [0.25, 0.3) is 0 Å². The Morgan fingerprint density at radius 2 is 1.73 bits per heavy atom. The molecule has 1 N–H and O–H groups in total.